The highest BCUT2D eigenvalue weighted by atomic mass is 16.5. The molecular weight excluding hydrogens is 220 g/mol. The number of terminal acetylenes is 1. The molecule has 0 aromatic heterocycles. The molecule has 1 fully saturated rings. The van der Waals surface area contributed by atoms with Gasteiger partial charge in [0.25, 0.3) is 0 Å². The summed E-state index contributed by atoms with van der Waals surface area (Å²) < 4.78 is 4.70. The van der Waals surface area contributed by atoms with Crippen molar-refractivity contribution >= 4 is 11.9 Å². The highest BCUT2D eigenvalue weighted by molar-refractivity contribution is 5.87. The molecule has 2 unspecified atom stereocenters. The van der Waals surface area contributed by atoms with Crippen LogP contribution in [0.1, 0.15) is 25.7 Å². The molecule has 5 nitrogen and oxygen atoms in total. The Morgan fingerprint density at radius 1 is 1.59 bits per heavy atom. The smallest absolute Gasteiger partial charge is 0.328 e. The second kappa shape index (κ2) is 6.26. The first-order valence-corrected chi connectivity index (χ1v) is 5.69. The quantitative estimate of drug-likeness (QED) is 0.550. The molecule has 17 heavy (non-hydrogen) atoms. The number of nitrogens with zero attached hydrogens (tertiary/aromatic N) is 1. The van der Waals surface area contributed by atoms with Crippen molar-refractivity contribution in [2.75, 3.05) is 13.7 Å². The minimum atomic E-state index is -0.731. The molecule has 0 aromatic carbocycles. The van der Waals surface area contributed by atoms with E-state index in [4.69, 9.17) is 16.9 Å². The Kier molecular flexibility index (Phi) is 4.98. The van der Waals surface area contributed by atoms with E-state index in [1.54, 1.807) is 0 Å². The van der Waals surface area contributed by atoms with E-state index in [1.807, 2.05) is 0 Å². The molecule has 5 heteroatoms. The number of ether oxygens (including phenoxy) is 1. The molecule has 0 radical (unpaired) electrons. The molecule has 0 aliphatic carbocycles. The number of hydrogen-bond acceptors (Lipinski definition) is 4. The number of nitrogens with two attached hydrogens (primary N) is 1. The van der Waals surface area contributed by atoms with Crippen LogP contribution >= 0.6 is 0 Å². The predicted octanol–water partition coefficient (Wildman–Crippen LogP) is -0.109. The van der Waals surface area contributed by atoms with Crippen LogP contribution in [-0.4, -0.2) is 42.5 Å². The largest absolute Gasteiger partial charge is 0.467 e. The van der Waals surface area contributed by atoms with Crippen LogP contribution in [0.25, 0.3) is 0 Å². The van der Waals surface area contributed by atoms with E-state index in [1.165, 1.54) is 12.0 Å². The van der Waals surface area contributed by atoms with E-state index in [9.17, 15) is 9.59 Å². The highest BCUT2D eigenvalue weighted by Gasteiger charge is 2.34. The molecule has 1 aliphatic heterocycles. The number of rotatable bonds is 3. The molecule has 1 aliphatic rings. The number of carbonyl (C=O) groups is 2. The van der Waals surface area contributed by atoms with Crippen molar-refractivity contribution in [1.82, 2.24) is 4.90 Å². The zero-order valence-electron chi connectivity index (χ0n) is 10.0. The Morgan fingerprint density at radius 2 is 2.29 bits per heavy atom. The van der Waals surface area contributed by atoms with Gasteiger partial charge in [0.05, 0.1) is 13.2 Å². The maximum absolute atomic E-state index is 12.0. The first-order valence-electron chi connectivity index (χ1n) is 5.69. The van der Waals surface area contributed by atoms with Gasteiger partial charge in [0.2, 0.25) is 5.91 Å². The number of methoxy groups -OCH3 is 1. The minimum absolute atomic E-state index is 0.184. The number of hydrogen-bond donors (Lipinski definition) is 1. The third kappa shape index (κ3) is 3.21. The molecule has 1 rings (SSSR count). The van der Waals surface area contributed by atoms with Crippen LogP contribution in [0.5, 0.6) is 0 Å². The molecule has 0 saturated carbocycles. The van der Waals surface area contributed by atoms with Crippen LogP contribution in [0, 0.1) is 12.3 Å². The summed E-state index contributed by atoms with van der Waals surface area (Å²) in [7, 11) is 1.32. The van der Waals surface area contributed by atoms with Gasteiger partial charge in [-0.25, -0.2) is 4.79 Å². The molecule has 2 N–H and O–H groups in total. The number of likely N-dealkylation sites (tertiary alicyclic amines) is 1. The van der Waals surface area contributed by atoms with Gasteiger partial charge in [0.15, 0.2) is 0 Å². The topological polar surface area (TPSA) is 72.6 Å². The van der Waals surface area contributed by atoms with Gasteiger partial charge < -0.3 is 15.4 Å². The first kappa shape index (κ1) is 13.5. The maximum atomic E-state index is 12.0. The highest BCUT2D eigenvalue weighted by Crippen LogP contribution is 2.19. The SMILES string of the molecule is C#CCC(N)C(=O)N1CCCCC1C(=O)OC. The Bertz CT molecular complexity index is 335. The lowest BCUT2D eigenvalue weighted by Crippen LogP contribution is -2.53. The van der Waals surface area contributed by atoms with Gasteiger partial charge in [-0.05, 0) is 19.3 Å². The molecule has 0 spiro atoms. The van der Waals surface area contributed by atoms with Crippen molar-refractivity contribution in [1.29, 1.82) is 0 Å². The molecule has 0 bridgehead atoms. The maximum Gasteiger partial charge on any atom is 0.328 e. The van der Waals surface area contributed by atoms with Crippen LogP contribution in [-0.2, 0) is 14.3 Å². The molecule has 1 saturated heterocycles. The van der Waals surface area contributed by atoms with Crippen LogP contribution in [0.15, 0.2) is 0 Å². The van der Waals surface area contributed by atoms with Crippen molar-refractivity contribution < 1.29 is 14.3 Å². The summed E-state index contributed by atoms with van der Waals surface area (Å²) in [6, 6.07) is -1.24. The fraction of sp³-hybridized carbons (Fsp3) is 0.667. The first-order chi connectivity index (χ1) is 8.11. The van der Waals surface area contributed by atoms with Crippen LogP contribution in [0.4, 0.5) is 0 Å². The van der Waals surface area contributed by atoms with E-state index in [0.29, 0.717) is 13.0 Å². The Balaban J connectivity index is 2.74. The summed E-state index contributed by atoms with van der Waals surface area (Å²) in [5.74, 6) is 1.71. The summed E-state index contributed by atoms with van der Waals surface area (Å²) in [5.41, 5.74) is 5.68. The van der Waals surface area contributed by atoms with E-state index in [0.717, 1.165) is 12.8 Å². The zero-order chi connectivity index (χ0) is 12.8. The Morgan fingerprint density at radius 3 is 2.88 bits per heavy atom. The molecule has 1 heterocycles. The van der Waals surface area contributed by atoms with Gasteiger partial charge in [-0.1, -0.05) is 0 Å². The summed E-state index contributed by atoms with van der Waals surface area (Å²) in [6.45, 7) is 0.539. The number of piperidine rings is 1. The fourth-order valence-corrected chi connectivity index (χ4v) is 2.00. The van der Waals surface area contributed by atoms with Crippen molar-refractivity contribution in [3.05, 3.63) is 0 Å². The molecule has 2 atom stereocenters. The molecule has 94 valence electrons. The monoisotopic (exact) mass is 238 g/mol. The average Bonchev–Trinajstić information content (AvgIpc) is 2.37. The van der Waals surface area contributed by atoms with Gasteiger partial charge in [0.1, 0.15) is 6.04 Å². The average molecular weight is 238 g/mol. The zero-order valence-corrected chi connectivity index (χ0v) is 10.0. The normalized spacial score (nSPS) is 21.5. The predicted molar refractivity (Wildman–Crippen MR) is 62.8 cm³/mol. The Labute approximate surface area is 101 Å². The number of esters is 1. The van der Waals surface area contributed by atoms with E-state index in [-0.39, 0.29) is 18.3 Å². The van der Waals surface area contributed by atoms with Crippen LogP contribution in [0.3, 0.4) is 0 Å². The molecular formula is C12H18N2O3. The summed E-state index contributed by atoms with van der Waals surface area (Å²) >= 11 is 0. The lowest BCUT2D eigenvalue weighted by Gasteiger charge is -2.35. The Hall–Kier alpha value is -1.54. The van der Waals surface area contributed by atoms with Crippen molar-refractivity contribution in [2.24, 2.45) is 5.73 Å². The van der Waals surface area contributed by atoms with Gasteiger partial charge in [-0.2, -0.15) is 0 Å². The van der Waals surface area contributed by atoms with E-state index < -0.39 is 12.1 Å². The summed E-state index contributed by atoms with van der Waals surface area (Å²) in [5, 5.41) is 0. The summed E-state index contributed by atoms with van der Waals surface area (Å²) in [6.07, 6.45) is 7.72. The third-order valence-electron chi connectivity index (χ3n) is 2.91. The second-order valence-electron chi connectivity index (χ2n) is 4.08. The van der Waals surface area contributed by atoms with Crippen molar-refractivity contribution in [3.63, 3.8) is 0 Å². The minimum Gasteiger partial charge on any atom is -0.467 e. The van der Waals surface area contributed by atoms with E-state index >= 15 is 0 Å². The van der Waals surface area contributed by atoms with E-state index in [2.05, 4.69) is 5.92 Å². The second-order valence-corrected chi connectivity index (χ2v) is 4.08. The molecule has 0 aromatic rings. The van der Waals surface area contributed by atoms with Crippen molar-refractivity contribution in [3.8, 4) is 12.3 Å². The van der Waals surface area contributed by atoms with Gasteiger partial charge in [-0.3, -0.25) is 4.79 Å². The summed E-state index contributed by atoms with van der Waals surface area (Å²) in [4.78, 5) is 25.1. The third-order valence-corrected chi connectivity index (χ3v) is 2.91. The van der Waals surface area contributed by atoms with Gasteiger partial charge >= 0.3 is 5.97 Å². The number of amides is 1. The van der Waals surface area contributed by atoms with Gasteiger partial charge in [-0.15, -0.1) is 12.3 Å². The van der Waals surface area contributed by atoms with Crippen LogP contribution < -0.4 is 5.73 Å². The molecule has 1 amide bonds. The van der Waals surface area contributed by atoms with Crippen LogP contribution in [0.2, 0.25) is 0 Å². The lowest BCUT2D eigenvalue weighted by molar-refractivity contribution is -0.155. The number of carbonyl (C=O) groups excluding carboxylic acids is 2. The standard InChI is InChI=1S/C12H18N2O3/c1-3-6-9(13)11(15)14-8-5-4-7-10(14)12(16)17-2/h1,9-10H,4-8,13H2,2H3. The fourth-order valence-electron chi connectivity index (χ4n) is 2.00. The lowest BCUT2D eigenvalue weighted by atomic mass is 10.0. The van der Waals surface area contributed by atoms with Crippen molar-refractivity contribution in [2.45, 2.75) is 37.8 Å². The van der Waals surface area contributed by atoms with Gasteiger partial charge in [0, 0.05) is 13.0 Å².